The van der Waals surface area contributed by atoms with Crippen LogP contribution >= 0.6 is 31.9 Å². The van der Waals surface area contributed by atoms with Crippen molar-refractivity contribution in [2.24, 2.45) is 5.73 Å². The Bertz CT molecular complexity index is 584. The van der Waals surface area contributed by atoms with E-state index in [0.29, 0.717) is 13.2 Å². The second-order valence-corrected chi connectivity index (χ2v) is 6.10. The topological polar surface area (TPSA) is 35.2 Å². The second-order valence-electron chi connectivity index (χ2n) is 4.33. The zero-order valence-corrected chi connectivity index (χ0v) is 13.8. The molecule has 0 aliphatic carbocycles. The SMILES string of the molecule is Cc1ccc(Br)cc1OCc1ccc(CN)cc1Br. The molecule has 0 saturated carbocycles. The molecule has 2 aromatic rings. The molecule has 0 aromatic heterocycles. The highest BCUT2D eigenvalue weighted by atomic mass is 79.9. The largest absolute Gasteiger partial charge is 0.489 e. The fourth-order valence-electron chi connectivity index (χ4n) is 1.72. The quantitative estimate of drug-likeness (QED) is 0.838. The minimum absolute atomic E-state index is 0.530. The molecule has 0 amide bonds. The van der Waals surface area contributed by atoms with Gasteiger partial charge >= 0.3 is 0 Å². The molecular weight excluding hydrogens is 370 g/mol. The van der Waals surface area contributed by atoms with E-state index in [2.05, 4.69) is 31.9 Å². The maximum Gasteiger partial charge on any atom is 0.123 e. The average molecular weight is 385 g/mol. The summed E-state index contributed by atoms with van der Waals surface area (Å²) in [4.78, 5) is 0. The third-order valence-electron chi connectivity index (χ3n) is 2.89. The van der Waals surface area contributed by atoms with Crippen molar-refractivity contribution in [1.82, 2.24) is 0 Å². The third-order valence-corrected chi connectivity index (χ3v) is 4.12. The van der Waals surface area contributed by atoms with Crippen LogP contribution in [0.5, 0.6) is 5.75 Å². The fraction of sp³-hybridized carbons (Fsp3) is 0.200. The lowest BCUT2D eigenvalue weighted by atomic mass is 10.1. The molecule has 0 fully saturated rings. The van der Waals surface area contributed by atoms with E-state index in [1.54, 1.807) is 0 Å². The summed E-state index contributed by atoms with van der Waals surface area (Å²) in [6.07, 6.45) is 0. The van der Waals surface area contributed by atoms with Crippen LogP contribution in [0.4, 0.5) is 0 Å². The Balaban J connectivity index is 2.12. The number of nitrogens with two attached hydrogens (primary N) is 1. The van der Waals surface area contributed by atoms with E-state index in [1.807, 2.05) is 43.3 Å². The highest BCUT2D eigenvalue weighted by Crippen LogP contribution is 2.25. The second kappa shape index (κ2) is 6.55. The fourth-order valence-corrected chi connectivity index (χ4v) is 2.60. The Kier molecular flexibility index (Phi) is 5.02. The van der Waals surface area contributed by atoms with E-state index >= 15 is 0 Å². The molecule has 0 aliphatic rings. The van der Waals surface area contributed by atoms with Gasteiger partial charge in [-0.2, -0.15) is 0 Å². The van der Waals surface area contributed by atoms with Crippen LogP contribution in [0.25, 0.3) is 0 Å². The number of hydrogen-bond acceptors (Lipinski definition) is 2. The van der Waals surface area contributed by atoms with E-state index in [4.69, 9.17) is 10.5 Å². The van der Waals surface area contributed by atoms with E-state index in [-0.39, 0.29) is 0 Å². The monoisotopic (exact) mass is 383 g/mol. The third kappa shape index (κ3) is 3.81. The van der Waals surface area contributed by atoms with E-state index in [1.165, 1.54) is 0 Å². The molecule has 4 heteroatoms. The van der Waals surface area contributed by atoms with Gasteiger partial charge in [0.1, 0.15) is 12.4 Å². The first-order valence-electron chi connectivity index (χ1n) is 5.96. The van der Waals surface area contributed by atoms with E-state index < -0.39 is 0 Å². The maximum atomic E-state index is 5.87. The van der Waals surface area contributed by atoms with Crippen LogP contribution in [0.1, 0.15) is 16.7 Å². The molecule has 0 bridgehead atoms. The number of halogens is 2. The van der Waals surface area contributed by atoms with Gasteiger partial charge < -0.3 is 10.5 Å². The van der Waals surface area contributed by atoms with Gasteiger partial charge in [-0.15, -0.1) is 0 Å². The summed E-state index contributed by atoms with van der Waals surface area (Å²) < 4.78 is 7.92. The van der Waals surface area contributed by atoms with Gasteiger partial charge in [0.2, 0.25) is 0 Å². The van der Waals surface area contributed by atoms with Gasteiger partial charge in [-0.25, -0.2) is 0 Å². The molecular formula is C15H15Br2NO. The molecule has 19 heavy (non-hydrogen) atoms. The van der Waals surface area contributed by atoms with Crippen molar-refractivity contribution < 1.29 is 4.74 Å². The Morgan fingerprint density at radius 2 is 1.89 bits per heavy atom. The summed E-state index contributed by atoms with van der Waals surface area (Å²) in [5.41, 5.74) is 8.95. The Morgan fingerprint density at radius 3 is 2.58 bits per heavy atom. The molecule has 100 valence electrons. The Hall–Kier alpha value is -0.840. The van der Waals surface area contributed by atoms with Crippen molar-refractivity contribution in [3.05, 3.63) is 62.0 Å². The summed E-state index contributed by atoms with van der Waals surface area (Å²) in [6, 6.07) is 12.1. The summed E-state index contributed by atoms with van der Waals surface area (Å²) in [7, 11) is 0. The van der Waals surface area contributed by atoms with Crippen molar-refractivity contribution in [2.75, 3.05) is 0 Å². The number of hydrogen-bond donors (Lipinski definition) is 1. The van der Waals surface area contributed by atoms with Crippen LogP contribution in [0, 0.1) is 6.92 Å². The van der Waals surface area contributed by atoms with Crippen LogP contribution in [0.15, 0.2) is 45.3 Å². The predicted octanol–water partition coefficient (Wildman–Crippen LogP) is 4.56. The van der Waals surface area contributed by atoms with Gasteiger partial charge in [-0.3, -0.25) is 0 Å². The van der Waals surface area contributed by atoms with Gasteiger partial charge in [0.05, 0.1) is 0 Å². The van der Waals surface area contributed by atoms with Crippen LogP contribution in [-0.4, -0.2) is 0 Å². The molecule has 0 spiro atoms. The standard InChI is InChI=1S/C15H15Br2NO/c1-10-2-5-13(16)7-15(10)19-9-12-4-3-11(8-18)6-14(12)17/h2-7H,8-9,18H2,1H3. The van der Waals surface area contributed by atoms with Gasteiger partial charge in [-0.1, -0.05) is 50.1 Å². The molecule has 2 nitrogen and oxygen atoms in total. The minimum Gasteiger partial charge on any atom is -0.489 e. The van der Waals surface area contributed by atoms with E-state index in [0.717, 1.165) is 31.4 Å². The highest BCUT2D eigenvalue weighted by molar-refractivity contribution is 9.10. The molecule has 0 saturated heterocycles. The van der Waals surface area contributed by atoms with Gasteiger partial charge in [0.15, 0.2) is 0 Å². The van der Waals surface area contributed by atoms with Crippen LogP contribution in [-0.2, 0) is 13.2 Å². The summed E-state index contributed by atoms with van der Waals surface area (Å²) in [5.74, 6) is 0.893. The van der Waals surface area contributed by atoms with Crippen molar-refractivity contribution in [1.29, 1.82) is 0 Å². The normalized spacial score (nSPS) is 10.5. The summed E-state index contributed by atoms with van der Waals surface area (Å²) in [5, 5.41) is 0. The minimum atomic E-state index is 0.530. The summed E-state index contributed by atoms with van der Waals surface area (Å²) in [6.45, 7) is 3.11. The number of benzene rings is 2. The van der Waals surface area contributed by atoms with Crippen LogP contribution in [0.3, 0.4) is 0 Å². The Morgan fingerprint density at radius 1 is 1.11 bits per heavy atom. The van der Waals surface area contributed by atoms with Gasteiger partial charge in [0.25, 0.3) is 0 Å². The van der Waals surface area contributed by atoms with Gasteiger partial charge in [-0.05, 0) is 36.2 Å². The first-order chi connectivity index (χ1) is 9.10. The first-order valence-corrected chi connectivity index (χ1v) is 7.55. The van der Waals surface area contributed by atoms with E-state index in [9.17, 15) is 0 Å². The molecule has 2 aromatic carbocycles. The molecule has 0 radical (unpaired) electrons. The molecule has 0 atom stereocenters. The van der Waals surface area contributed by atoms with Crippen LogP contribution in [0.2, 0.25) is 0 Å². The van der Waals surface area contributed by atoms with Crippen molar-refractivity contribution in [3.63, 3.8) is 0 Å². The number of aryl methyl sites for hydroxylation is 1. The lowest BCUT2D eigenvalue weighted by Crippen LogP contribution is -2.00. The summed E-state index contributed by atoms with van der Waals surface area (Å²) >= 11 is 7.00. The zero-order valence-electron chi connectivity index (χ0n) is 10.6. The average Bonchev–Trinajstić information content (AvgIpc) is 2.40. The molecule has 0 heterocycles. The van der Waals surface area contributed by atoms with Gasteiger partial charge in [0, 0.05) is 21.1 Å². The predicted molar refractivity (Wildman–Crippen MR) is 85.2 cm³/mol. The van der Waals surface area contributed by atoms with Crippen LogP contribution < -0.4 is 10.5 Å². The smallest absolute Gasteiger partial charge is 0.123 e. The molecule has 2 N–H and O–H groups in total. The lowest BCUT2D eigenvalue weighted by Gasteiger charge is -2.11. The number of rotatable bonds is 4. The number of ether oxygens (including phenoxy) is 1. The van der Waals surface area contributed by atoms with Crippen molar-refractivity contribution >= 4 is 31.9 Å². The Labute approximate surface area is 130 Å². The lowest BCUT2D eigenvalue weighted by molar-refractivity contribution is 0.303. The highest BCUT2D eigenvalue weighted by Gasteiger charge is 2.04. The zero-order chi connectivity index (χ0) is 13.8. The maximum absolute atomic E-state index is 5.87. The molecule has 0 unspecified atom stereocenters. The molecule has 2 rings (SSSR count). The molecule has 0 aliphatic heterocycles. The first kappa shape index (κ1) is 14.6. The van der Waals surface area contributed by atoms with Crippen molar-refractivity contribution in [3.8, 4) is 5.75 Å². The van der Waals surface area contributed by atoms with Crippen molar-refractivity contribution in [2.45, 2.75) is 20.1 Å².